The summed E-state index contributed by atoms with van der Waals surface area (Å²) in [6.45, 7) is 0. The lowest BCUT2D eigenvalue weighted by molar-refractivity contribution is 0.0601. The van der Waals surface area contributed by atoms with E-state index in [1.807, 2.05) is 41.0 Å². The fraction of sp³-hybridized carbons (Fsp3) is 0.100. The van der Waals surface area contributed by atoms with Gasteiger partial charge in [0.05, 0.1) is 18.2 Å². The van der Waals surface area contributed by atoms with E-state index >= 15 is 0 Å². The molecule has 0 aliphatic heterocycles. The smallest absolute Gasteiger partial charge is 0.337 e. The Morgan fingerprint density at radius 1 is 1.11 bits per heavy atom. The number of carbonyl (C=O) groups is 1. The summed E-state index contributed by atoms with van der Waals surface area (Å²) in [5, 5.41) is 3.04. The van der Waals surface area contributed by atoms with Gasteiger partial charge >= 0.3 is 5.97 Å². The number of carbonyl (C=O) groups excluding carboxylic acids is 1. The van der Waals surface area contributed by atoms with Crippen molar-refractivity contribution in [3.8, 4) is 17.1 Å². The third-order valence-electron chi connectivity index (χ3n) is 4.39. The van der Waals surface area contributed by atoms with Gasteiger partial charge in [-0.2, -0.15) is 0 Å². The van der Waals surface area contributed by atoms with Crippen LogP contribution in [-0.4, -0.2) is 39.6 Å². The monoisotopic (exact) mass is 374 g/mol. The van der Waals surface area contributed by atoms with E-state index in [0.717, 1.165) is 5.69 Å². The first-order chi connectivity index (χ1) is 13.6. The number of nitrogens with one attached hydrogen (secondary N) is 1. The van der Waals surface area contributed by atoms with E-state index in [1.54, 1.807) is 25.4 Å². The Hall–Kier alpha value is -3.94. The Bertz CT molecular complexity index is 1170. The van der Waals surface area contributed by atoms with Crippen LogP contribution in [0.25, 0.3) is 28.2 Å². The Morgan fingerprint density at radius 2 is 1.89 bits per heavy atom. The van der Waals surface area contributed by atoms with E-state index in [0.29, 0.717) is 39.8 Å². The van der Waals surface area contributed by atoms with Crippen molar-refractivity contribution >= 4 is 28.8 Å². The number of nitrogens with zero attached hydrogens (tertiary/aromatic N) is 4. The molecule has 0 unspecified atom stereocenters. The highest BCUT2D eigenvalue weighted by Crippen LogP contribution is 2.30. The van der Waals surface area contributed by atoms with Gasteiger partial charge in [0.1, 0.15) is 17.2 Å². The quantitative estimate of drug-likeness (QED) is 0.529. The van der Waals surface area contributed by atoms with Gasteiger partial charge in [0.2, 0.25) is 0 Å². The predicted molar refractivity (Wildman–Crippen MR) is 107 cm³/mol. The number of anilines is 2. The van der Waals surface area contributed by atoms with Gasteiger partial charge in [-0.05, 0) is 48.5 Å². The molecule has 3 aromatic heterocycles. The second kappa shape index (κ2) is 6.99. The van der Waals surface area contributed by atoms with Crippen LogP contribution in [0.1, 0.15) is 10.4 Å². The van der Waals surface area contributed by atoms with Crippen molar-refractivity contribution in [3.63, 3.8) is 0 Å². The molecule has 140 valence electrons. The van der Waals surface area contributed by atoms with E-state index in [4.69, 9.17) is 15.5 Å². The first-order valence-electron chi connectivity index (χ1n) is 8.59. The molecule has 8 nitrogen and oxygen atoms in total. The molecular formula is C20H18N6O2. The zero-order valence-corrected chi connectivity index (χ0v) is 15.4. The summed E-state index contributed by atoms with van der Waals surface area (Å²) >= 11 is 0. The number of fused-ring (bicyclic) bond motifs is 1. The summed E-state index contributed by atoms with van der Waals surface area (Å²) in [5.41, 5.74) is 9.42. The second-order valence-corrected chi connectivity index (χ2v) is 6.03. The molecule has 3 N–H and O–H groups in total. The van der Waals surface area contributed by atoms with Crippen LogP contribution in [0.3, 0.4) is 0 Å². The van der Waals surface area contributed by atoms with Crippen LogP contribution in [0.4, 0.5) is 11.6 Å². The van der Waals surface area contributed by atoms with Gasteiger partial charge in [0.25, 0.3) is 0 Å². The number of ether oxygens (including phenoxy) is 1. The van der Waals surface area contributed by atoms with Crippen molar-refractivity contribution in [2.45, 2.75) is 0 Å². The van der Waals surface area contributed by atoms with Gasteiger partial charge in [0.15, 0.2) is 11.5 Å². The number of aromatic nitrogens is 4. The normalized spacial score (nSPS) is 10.8. The summed E-state index contributed by atoms with van der Waals surface area (Å²) in [6, 6.07) is 14.5. The molecule has 4 rings (SSSR count). The second-order valence-electron chi connectivity index (χ2n) is 6.03. The van der Waals surface area contributed by atoms with Crippen molar-refractivity contribution in [1.29, 1.82) is 0 Å². The molecule has 3 heterocycles. The van der Waals surface area contributed by atoms with Crippen LogP contribution in [-0.2, 0) is 4.74 Å². The third kappa shape index (κ3) is 2.90. The number of nitrogens with two attached hydrogens (primary N) is 1. The Kier molecular flexibility index (Phi) is 4.36. The number of nitrogen functional groups attached to an aromatic ring is 1. The number of methoxy groups -OCH3 is 1. The van der Waals surface area contributed by atoms with Crippen molar-refractivity contribution in [1.82, 2.24) is 19.5 Å². The maximum atomic E-state index is 11.8. The zero-order valence-electron chi connectivity index (χ0n) is 15.4. The van der Waals surface area contributed by atoms with Crippen molar-refractivity contribution < 1.29 is 9.53 Å². The summed E-state index contributed by atoms with van der Waals surface area (Å²) < 4.78 is 6.67. The molecule has 0 fully saturated rings. The Morgan fingerprint density at radius 3 is 2.57 bits per heavy atom. The van der Waals surface area contributed by atoms with Gasteiger partial charge in [-0.1, -0.05) is 0 Å². The SMILES string of the molecule is CNc1ccc2nc(-c3cccnc3N)n(-c3ccc(C(=O)OC)cc3)c2n1. The van der Waals surface area contributed by atoms with Crippen LogP contribution in [0.15, 0.2) is 54.7 Å². The first-order valence-corrected chi connectivity index (χ1v) is 8.59. The molecule has 0 saturated heterocycles. The van der Waals surface area contributed by atoms with Gasteiger partial charge in [-0.15, -0.1) is 0 Å². The minimum absolute atomic E-state index is 0.374. The van der Waals surface area contributed by atoms with Gasteiger partial charge in [-0.25, -0.2) is 19.7 Å². The highest BCUT2D eigenvalue weighted by molar-refractivity contribution is 5.90. The molecule has 4 aromatic rings. The third-order valence-corrected chi connectivity index (χ3v) is 4.39. The van der Waals surface area contributed by atoms with Gasteiger partial charge < -0.3 is 15.8 Å². The van der Waals surface area contributed by atoms with E-state index < -0.39 is 5.97 Å². The molecular weight excluding hydrogens is 356 g/mol. The summed E-state index contributed by atoms with van der Waals surface area (Å²) in [6.07, 6.45) is 1.63. The van der Waals surface area contributed by atoms with Crippen LogP contribution >= 0.6 is 0 Å². The van der Waals surface area contributed by atoms with Gasteiger partial charge in [0, 0.05) is 18.9 Å². The predicted octanol–water partition coefficient (Wildman–Crippen LogP) is 2.89. The summed E-state index contributed by atoms with van der Waals surface area (Å²) in [5.74, 6) is 1.31. The molecule has 0 amide bonds. The van der Waals surface area contributed by atoms with Crippen molar-refractivity contribution in [2.75, 3.05) is 25.2 Å². The van der Waals surface area contributed by atoms with E-state index in [9.17, 15) is 4.79 Å². The van der Waals surface area contributed by atoms with E-state index in [2.05, 4.69) is 15.3 Å². The number of hydrogen-bond donors (Lipinski definition) is 2. The lowest BCUT2D eigenvalue weighted by Crippen LogP contribution is -2.04. The standard InChI is InChI=1S/C20H18N6O2/c1-22-16-10-9-15-19(25-16)26(13-7-5-12(6-8-13)20(27)28-2)18(24-15)14-4-3-11-23-17(14)21/h3-11H,1-2H3,(H2,21,23)(H,22,25). The largest absolute Gasteiger partial charge is 0.465 e. The topological polar surface area (TPSA) is 108 Å². The van der Waals surface area contributed by atoms with Crippen LogP contribution in [0.2, 0.25) is 0 Å². The minimum Gasteiger partial charge on any atom is -0.465 e. The van der Waals surface area contributed by atoms with E-state index in [-0.39, 0.29) is 0 Å². The number of benzene rings is 1. The molecule has 0 saturated carbocycles. The van der Waals surface area contributed by atoms with Crippen LogP contribution in [0, 0.1) is 0 Å². The number of rotatable bonds is 4. The molecule has 0 aliphatic rings. The van der Waals surface area contributed by atoms with Crippen LogP contribution in [0.5, 0.6) is 0 Å². The van der Waals surface area contributed by atoms with Crippen LogP contribution < -0.4 is 11.1 Å². The molecule has 28 heavy (non-hydrogen) atoms. The van der Waals surface area contributed by atoms with Crippen molar-refractivity contribution in [2.24, 2.45) is 0 Å². The maximum absolute atomic E-state index is 11.8. The lowest BCUT2D eigenvalue weighted by atomic mass is 10.2. The molecule has 0 aliphatic carbocycles. The highest BCUT2D eigenvalue weighted by Gasteiger charge is 2.18. The fourth-order valence-electron chi connectivity index (χ4n) is 2.99. The Labute approximate surface area is 161 Å². The average Bonchev–Trinajstić information content (AvgIpc) is 3.11. The summed E-state index contributed by atoms with van der Waals surface area (Å²) in [7, 11) is 3.16. The summed E-state index contributed by atoms with van der Waals surface area (Å²) in [4.78, 5) is 25.3. The fourth-order valence-corrected chi connectivity index (χ4v) is 2.99. The minimum atomic E-state index is -0.394. The van der Waals surface area contributed by atoms with Crippen molar-refractivity contribution in [3.05, 3.63) is 60.3 Å². The number of esters is 1. The van der Waals surface area contributed by atoms with Gasteiger partial charge in [-0.3, -0.25) is 4.57 Å². The molecule has 1 aromatic carbocycles. The van der Waals surface area contributed by atoms with E-state index in [1.165, 1.54) is 7.11 Å². The Balaban J connectivity index is 1.98. The zero-order chi connectivity index (χ0) is 19.7. The average molecular weight is 374 g/mol. The number of imidazole rings is 1. The molecule has 0 spiro atoms. The lowest BCUT2D eigenvalue weighted by Gasteiger charge is -2.11. The molecule has 0 atom stereocenters. The first kappa shape index (κ1) is 17.5. The maximum Gasteiger partial charge on any atom is 0.337 e. The number of hydrogen-bond acceptors (Lipinski definition) is 7. The molecule has 0 radical (unpaired) electrons. The highest BCUT2D eigenvalue weighted by atomic mass is 16.5. The molecule has 8 heteroatoms. The molecule has 0 bridgehead atoms. The number of pyridine rings is 2.